The standard InChI is InChI=1S/C10H15N7O2/c1-15-13-8(12-14-15)7-16-6-3-9(18)17(10(16)19)5-2-4-11/h3,6H,2,4-5,7,11H2,1H3. The minimum atomic E-state index is -0.395. The van der Waals surface area contributed by atoms with Gasteiger partial charge in [0, 0.05) is 18.8 Å². The first-order valence-electron chi connectivity index (χ1n) is 5.85. The predicted octanol–water partition coefficient (Wildman–Crippen LogP) is -2.07. The van der Waals surface area contributed by atoms with Crippen LogP contribution in [0.1, 0.15) is 12.2 Å². The fourth-order valence-electron chi connectivity index (χ4n) is 1.67. The molecule has 0 fully saturated rings. The number of aryl methyl sites for hydroxylation is 1. The Morgan fingerprint density at radius 1 is 1.37 bits per heavy atom. The van der Waals surface area contributed by atoms with Crippen LogP contribution in [0, 0.1) is 0 Å². The Morgan fingerprint density at radius 3 is 2.79 bits per heavy atom. The van der Waals surface area contributed by atoms with Crippen molar-refractivity contribution in [1.29, 1.82) is 0 Å². The Labute approximate surface area is 108 Å². The van der Waals surface area contributed by atoms with Gasteiger partial charge in [-0.15, -0.1) is 10.2 Å². The Kier molecular flexibility index (Phi) is 3.85. The van der Waals surface area contributed by atoms with Crippen molar-refractivity contribution in [2.75, 3.05) is 6.54 Å². The van der Waals surface area contributed by atoms with Gasteiger partial charge in [0.05, 0.1) is 13.6 Å². The number of tetrazole rings is 1. The third-order valence-corrected chi connectivity index (χ3v) is 2.59. The highest BCUT2D eigenvalue weighted by atomic mass is 16.2. The Bertz CT molecular complexity index is 669. The van der Waals surface area contributed by atoms with Gasteiger partial charge in [0.1, 0.15) is 0 Å². The Morgan fingerprint density at radius 2 is 2.16 bits per heavy atom. The van der Waals surface area contributed by atoms with Crippen molar-refractivity contribution in [1.82, 2.24) is 29.3 Å². The van der Waals surface area contributed by atoms with Gasteiger partial charge in [0.2, 0.25) is 0 Å². The zero-order chi connectivity index (χ0) is 13.8. The summed E-state index contributed by atoms with van der Waals surface area (Å²) in [5.74, 6) is 0.411. The molecular weight excluding hydrogens is 250 g/mol. The summed E-state index contributed by atoms with van der Waals surface area (Å²) in [7, 11) is 1.64. The molecule has 0 saturated carbocycles. The lowest BCUT2D eigenvalue weighted by molar-refractivity contribution is 0.547. The lowest BCUT2D eigenvalue weighted by atomic mass is 10.4. The van der Waals surface area contributed by atoms with Gasteiger partial charge in [-0.2, -0.15) is 4.80 Å². The molecule has 0 saturated heterocycles. The van der Waals surface area contributed by atoms with Crippen LogP contribution < -0.4 is 17.0 Å². The van der Waals surface area contributed by atoms with Crippen LogP contribution >= 0.6 is 0 Å². The van der Waals surface area contributed by atoms with Crippen LogP contribution in [0.4, 0.5) is 0 Å². The Hall–Kier alpha value is -2.29. The van der Waals surface area contributed by atoms with Crippen LogP contribution in [0.15, 0.2) is 21.9 Å². The highest BCUT2D eigenvalue weighted by molar-refractivity contribution is 4.90. The largest absolute Gasteiger partial charge is 0.331 e. The van der Waals surface area contributed by atoms with Crippen molar-refractivity contribution in [2.24, 2.45) is 12.8 Å². The maximum atomic E-state index is 12.1. The smallest absolute Gasteiger partial charge is 0.330 e. The first-order chi connectivity index (χ1) is 9.11. The minimum Gasteiger partial charge on any atom is -0.330 e. The number of rotatable bonds is 5. The van der Waals surface area contributed by atoms with Gasteiger partial charge in [-0.25, -0.2) is 4.79 Å². The molecule has 19 heavy (non-hydrogen) atoms. The van der Waals surface area contributed by atoms with E-state index in [0.29, 0.717) is 25.3 Å². The highest BCUT2D eigenvalue weighted by Gasteiger charge is 2.07. The van der Waals surface area contributed by atoms with Gasteiger partial charge in [0.25, 0.3) is 5.56 Å². The monoisotopic (exact) mass is 265 g/mol. The summed E-state index contributed by atoms with van der Waals surface area (Å²) in [5.41, 5.74) is 4.66. The molecule has 0 aliphatic rings. The molecule has 0 aliphatic heterocycles. The Balaban J connectivity index is 2.31. The number of aromatic nitrogens is 6. The predicted molar refractivity (Wildman–Crippen MR) is 66.5 cm³/mol. The molecule has 0 bridgehead atoms. The third kappa shape index (κ3) is 2.94. The molecule has 0 aliphatic carbocycles. The molecule has 2 heterocycles. The van der Waals surface area contributed by atoms with Gasteiger partial charge < -0.3 is 5.73 Å². The van der Waals surface area contributed by atoms with Crippen LogP contribution in [0.2, 0.25) is 0 Å². The van der Waals surface area contributed by atoms with Crippen molar-refractivity contribution in [2.45, 2.75) is 19.5 Å². The van der Waals surface area contributed by atoms with E-state index in [-0.39, 0.29) is 12.1 Å². The minimum absolute atomic E-state index is 0.176. The average Bonchev–Trinajstić information content (AvgIpc) is 2.78. The van der Waals surface area contributed by atoms with Gasteiger partial charge in [-0.05, 0) is 18.2 Å². The number of hydrogen-bond donors (Lipinski definition) is 1. The molecule has 2 aromatic heterocycles. The van der Waals surface area contributed by atoms with Crippen molar-refractivity contribution >= 4 is 0 Å². The average molecular weight is 265 g/mol. The summed E-state index contributed by atoms with van der Waals surface area (Å²) < 4.78 is 2.53. The fraction of sp³-hybridized carbons (Fsp3) is 0.500. The molecule has 9 heteroatoms. The quantitative estimate of drug-likeness (QED) is 0.664. The molecular formula is C10H15N7O2. The van der Waals surface area contributed by atoms with E-state index in [1.165, 1.54) is 21.6 Å². The molecule has 0 spiro atoms. The molecule has 0 radical (unpaired) electrons. The lowest BCUT2D eigenvalue weighted by Gasteiger charge is -2.07. The summed E-state index contributed by atoms with van der Waals surface area (Å²) in [4.78, 5) is 25.0. The molecule has 0 aromatic carbocycles. The second-order valence-electron chi connectivity index (χ2n) is 4.05. The van der Waals surface area contributed by atoms with Gasteiger partial charge >= 0.3 is 5.69 Å². The van der Waals surface area contributed by atoms with Crippen LogP contribution in [0.3, 0.4) is 0 Å². The van der Waals surface area contributed by atoms with Gasteiger partial charge in [-0.3, -0.25) is 13.9 Å². The van der Waals surface area contributed by atoms with E-state index < -0.39 is 5.69 Å². The van der Waals surface area contributed by atoms with E-state index >= 15 is 0 Å². The van der Waals surface area contributed by atoms with Crippen LogP contribution in [0.25, 0.3) is 0 Å². The van der Waals surface area contributed by atoms with Crippen molar-refractivity contribution in [3.05, 3.63) is 38.9 Å². The first kappa shape index (κ1) is 13.1. The summed E-state index contributed by atoms with van der Waals surface area (Å²) in [6.45, 7) is 0.908. The molecule has 102 valence electrons. The molecule has 2 N–H and O–H groups in total. The highest BCUT2D eigenvalue weighted by Crippen LogP contribution is 1.89. The summed E-state index contributed by atoms with van der Waals surface area (Å²) in [5, 5.41) is 11.5. The van der Waals surface area contributed by atoms with Crippen molar-refractivity contribution in [3.8, 4) is 0 Å². The van der Waals surface area contributed by atoms with E-state index in [9.17, 15) is 9.59 Å². The zero-order valence-corrected chi connectivity index (χ0v) is 10.6. The van der Waals surface area contributed by atoms with E-state index in [4.69, 9.17) is 5.73 Å². The first-order valence-corrected chi connectivity index (χ1v) is 5.85. The maximum Gasteiger partial charge on any atom is 0.331 e. The summed E-state index contributed by atoms with van der Waals surface area (Å²) >= 11 is 0. The molecule has 0 unspecified atom stereocenters. The lowest BCUT2D eigenvalue weighted by Crippen LogP contribution is -2.39. The second-order valence-corrected chi connectivity index (χ2v) is 4.05. The van der Waals surface area contributed by atoms with Crippen LogP contribution in [-0.4, -0.2) is 35.9 Å². The van der Waals surface area contributed by atoms with E-state index in [2.05, 4.69) is 15.4 Å². The van der Waals surface area contributed by atoms with Crippen LogP contribution in [-0.2, 0) is 20.1 Å². The normalized spacial score (nSPS) is 10.8. The molecule has 2 aromatic rings. The van der Waals surface area contributed by atoms with E-state index in [0.717, 1.165) is 4.57 Å². The molecule has 2 rings (SSSR count). The third-order valence-electron chi connectivity index (χ3n) is 2.59. The number of nitrogens with zero attached hydrogens (tertiary/aromatic N) is 6. The number of nitrogens with two attached hydrogens (primary N) is 1. The van der Waals surface area contributed by atoms with Gasteiger partial charge in [0.15, 0.2) is 5.82 Å². The van der Waals surface area contributed by atoms with Crippen molar-refractivity contribution < 1.29 is 0 Å². The van der Waals surface area contributed by atoms with Crippen LogP contribution in [0.5, 0.6) is 0 Å². The fourth-order valence-corrected chi connectivity index (χ4v) is 1.67. The summed E-state index contributed by atoms with van der Waals surface area (Å²) in [6, 6.07) is 1.34. The van der Waals surface area contributed by atoms with E-state index in [1.54, 1.807) is 7.05 Å². The van der Waals surface area contributed by atoms with Crippen molar-refractivity contribution in [3.63, 3.8) is 0 Å². The zero-order valence-electron chi connectivity index (χ0n) is 10.6. The number of hydrogen-bond acceptors (Lipinski definition) is 6. The molecule has 0 atom stereocenters. The molecule has 9 nitrogen and oxygen atoms in total. The van der Waals surface area contributed by atoms with Gasteiger partial charge in [-0.1, -0.05) is 0 Å². The SMILES string of the molecule is Cn1nnc(Cn2ccc(=O)n(CCCN)c2=O)n1. The molecule has 0 amide bonds. The summed E-state index contributed by atoms with van der Waals surface area (Å²) in [6.07, 6.45) is 2.00. The maximum absolute atomic E-state index is 12.1. The second kappa shape index (κ2) is 5.57. The topological polar surface area (TPSA) is 114 Å². The van der Waals surface area contributed by atoms with E-state index in [1.807, 2.05) is 0 Å².